The van der Waals surface area contributed by atoms with Crippen LogP contribution in [0.1, 0.15) is 30.4 Å². The third-order valence-corrected chi connectivity index (χ3v) is 9.01. The van der Waals surface area contributed by atoms with Gasteiger partial charge in [-0.3, -0.25) is 0 Å². The zero-order valence-electron chi connectivity index (χ0n) is 19.3. The van der Waals surface area contributed by atoms with Gasteiger partial charge in [0.05, 0.1) is 50.3 Å². The Balaban J connectivity index is 1.07. The van der Waals surface area contributed by atoms with Crippen LogP contribution < -0.4 is 0 Å². The van der Waals surface area contributed by atoms with Crippen LogP contribution in [0.25, 0.3) is 0 Å². The van der Waals surface area contributed by atoms with E-state index in [1.165, 1.54) is 16.7 Å². The summed E-state index contributed by atoms with van der Waals surface area (Å²) in [4.78, 5) is 0. The van der Waals surface area contributed by atoms with Gasteiger partial charge in [-0.05, 0) is 23.1 Å². The maximum atomic E-state index is 10.7. The van der Waals surface area contributed by atoms with Gasteiger partial charge in [0.25, 0.3) is 0 Å². The average molecular weight is 461 g/mol. The van der Waals surface area contributed by atoms with Crippen LogP contribution >= 0.6 is 0 Å². The van der Waals surface area contributed by atoms with Crippen LogP contribution in [0.15, 0.2) is 72.3 Å². The largest absolute Gasteiger partial charge is 0.396 e. The van der Waals surface area contributed by atoms with Gasteiger partial charge >= 0.3 is 0 Å². The molecule has 4 saturated heterocycles. The van der Waals surface area contributed by atoms with Gasteiger partial charge in [-0.1, -0.05) is 66.7 Å². The zero-order chi connectivity index (χ0) is 22.7. The molecule has 4 aliphatic heterocycles. The highest BCUT2D eigenvalue weighted by atomic mass is 16.6. The Kier molecular flexibility index (Phi) is 5.18. The summed E-state index contributed by atoms with van der Waals surface area (Å²) in [7, 11) is 0. The lowest BCUT2D eigenvalue weighted by atomic mass is 9.53. The van der Waals surface area contributed by atoms with E-state index >= 15 is 0 Å². The van der Waals surface area contributed by atoms with Crippen LogP contribution in [0.3, 0.4) is 0 Å². The average Bonchev–Trinajstić information content (AvgIpc) is 3.66. The molecule has 1 aliphatic carbocycles. The fourth-order valence-corrected chi connectivity index (χ4v) is 7.56. The van der Waals surface area contributed by atoms with E-state index in [1.54, 1.807) is 0 Å². The van der Waals surface area contributed by atoms with Gasteiger partial charge in [0.2, 0.25) is 0 Å². The Labute approximate surface area is 200 Å². The Morgan fingerprint density at radius 1 is 0.824 bits per heavy atom. The van der Waals surface area contributed by atoms with Crippen molar-refractivity contribution in [3.05, 3.63) is 83.4 Å². The van der Waals surface area contributed by atoms with Gasteiger partial charge in [-0.2, -0.15) is 0 Å². The van der Waals surface area contributed by atoms with Crippen LogP contribution in [-0.4, -0.2) is 48.3 Å². The molecule has 0 spiro atoms. The summed E-state index contributed by atoms with van der Waals surface area (Å²) in [5.41, 5.74) is 3.49. The summed E-state index contributed by atoms with van der Waals surface area (Å²) >= 11 is 0. The molecule has 178 valence electrons. The molecule has 34 heavy (non-hydrogen) atoms. The van der Waals surface area contributed by atoms with Crippen LogP contribution in [0, 0.1) is 17.3 Å². The number of aliphatic hydroxyl groups excluding tert-OH is 1. The van der Waals surface area contributed by atoms with Crippen LogP contribution in [0.2, 0.25) is 0 Å². The lowest BCUT2D eigenvalue weighted by Gasteiger charge is -2.49. The maximum Gasteiger partial charge on any atom is 0.106 e. The number of ether oxygens (including phenoxy) is 4. The molecule has 2 aromatic carbocycles. The predicted octanol–water partition coefficient (Wildman–Crippen LogP) is 4.04. The number of hydrogen-bond donors (Lipinski definition) is 1. The molecule has 0 radical (unpaired) electrons. The van der Waals surface area contributed by atoms with Crippen LogP contribution in [0.4, 0.5) is 0 Å². The molecular weight excluding hydrogens is 428 g/mol. The lowest BCUT2D eigenvalue weighted by molar-refractivity contribution is -0.0897. The van der Waals surface area contributed by atoms with Gasteiger partial charge in [0.1, 0.15) is 6.10 Å². The minimum atomic E-state index is -0.271. The summed E-state index contributed by atoms with van der Waals surface area (Å²) < 4.78 is 25.7. The Morgan fingerprint density at radius 3 is 2.15 bits per heavy atom. The highest BCUT2D eigenvalue weighted by Crippen LogP contribution is 2.65. The molecule has 0 saturated carbocycles. The highest BCUT2D eigenvalue weighted by molar-refractivity contribution is 5.34. The molecule has 0 aromatic heterocycles. The second-order valence-corrected chi connectivity index (χ2v) is 10.7. The summed E-state index contributed by atoms with van der Waals surface area (Å²) in [6, 6.07) is 20.6. The van der Waals surface area contributed by atoms with Gasteiger partial charge in [-0.25, -0.2) is 0 Å². The summed E-state index contributed by atoms with van der Waals surface area (Å²) in [5.74, 6) is 0.622. The van der Waals surface area contributed by atoms with Crippen molar-refractivity contribution in [2.24, 2.45) is 17.3 Å². The molecule has 9 atom stereocenters. The minimum Gasteiger partial charge on any atom is -0.396 e. The molecule has 4 heterocycles. The Morgan fingerprint density at radius 2 is 1.47 bits per heavy atom. The summed E-state index contributed by atoms with van der Waals surface area (Å²) in [6.45, 7) is 1.34. The monoisotopic (exact) mass is 460 g/mol. The van der Waals surface area contributed by atoms with Crippen molar-refractivity contribution in [1.82, 2.24) is 0 Å². The van der Waals surface area contributed by atoms with E-state index in [1.807, 2.05) is 24.3 Å². The zero-order valence-corrected chi connectivity index (χ0v) is 19.3. The van der Waals surface area contributed by atoms with Crippen molar-refractivity contribution in [3.63, 3.8) is 0 Å². The second-order valence-electron chi connectivity index (χ2n) is 10.7. The van der Waals surface area contributed by atoms with Crippen LogP contribution in [-0.2, 0) is 32.2 Å². The maximum absolute atomic E-state index is 10.7. The number of aliphatic hydroxyl groups is 1. The summed E-state index contributed by atoms with van der Waals surface area (Å²) in [6.07, 6.45) is 5.39. The Hall–Kier alpha value is -2.02. The van der Waals surface area contributed by atoms with Crippen molar-refractivity contribution in [2.75, 3.05) is 6.61 Å². The van der Waals surface area contributed by atoms with E-state index in [0.29, 0.717) is 25.0 Å². The molecule has 2 aromatic rings. The number of hydrogen-bond acceptors (Lipinski definition) is 5. The topological polar surface area (TPSA) is 57.2 Å². The molecule has 7 rings (SSSR count). The van der Waals surface area contributed by atoms with Crippen molar-refractivity contribution in [2.45, 2.75) is 69.1 Å². The molecule has 5 aliphatic rings. The first kappa shape index (κ1) is 21.3. The van der Waals surface area contributed by atoms with E-state index in [9.17, 15) is 5.11 Å². The molecule has 0 unspecified atom stereocenters. The van der Waals surface area contributed by atoms with Gasteiger partial charge in [-0.15, -0.1) is 0 Å². The molecule has 5 heteroatoms. The Bertz CT molecular complexity index is 1050. The van der Waals surface area contributed by atoms with Crippen molar-refractivity contribution in [3.8, 4) is 0 Å². The third kappa shape index (κ3) is 3.18. The molecular formula is C29H32O5. The number of rotatable bonds is 7. The van der Waals surface area contributed by atoms with Gasteiger partial charge in [0.15, 0.2) is 0 Å². The SMILES string of the molecule is OC[C@@]12CC=C3[C@H]([C@@H]1[C@H]1C[C@@H](OCc4ccccc4)[C@@H]2O1)[C@H]1C[C@@H](OCc2ccccc2)[C@@H]3O1. The van der Waals surface area contributed by atoms with Crippen molar-refractivity contribution >= 4 is 0 Å². The smallest absolute Gasteiger partial charge is 0.106 e. The van der Waals surface area contributed by atoms with Crippen LogP contribution in [0.5, 0.6) is 0 Å². The first-order chi connectivity index (χ1) is 16.8. The molecule has 4 fully saturated rings. The second kappa shape index (κ2) is 8.28. The third-order valence-electron chi connectivity index (χ3n) is 9.01. The van der Waals surface area contributed by atoms with E-state index in [4.69, 9.17) is 18.9 Å². The number of allylic oxidation sites excluding steroid dienone is 1. The number of fused-ring (bicyclic) bond motifs is 11. The fourth-order valence-electron chi connectivity index (χ4n) is 7.56. The highest BCUT2D eigenvalue weighted by Gasteiger charge is 2.70. The molecule has 5 nitrogen and oxygen atoms in total. The van der Waals surface area contributed by atoms with E-state index in [2.05, 4.69) is 42.5 Å². The fraction of sp³-hybridized carbons (Fsp3) is 0.517. The molecule has 4 bridgehead atoms. The quantitative estimate of drug-likeness (QED) is 0.632. The van der Waals surface area contributed by atoms with E-state index < -0.39 is 0 Å². The van der Waals surface area contributed by atoms with Gasteiger partial charge < -0.3 is 24.1 Å². The molecule has 0 amide bonds. The summed E-state index contributed by atoms with van der Waals surface area (Å²) in [5, 5.41) is 10.7. The molecule has 1 N–H and O–H groups in total. The standard InChI is InChI=1S/C29H32O5/c30-17-29-12-11-20-25(21-13-23(27(20)33-21)31-15-18-7-3-1-4-8-18)26(29)22-14-24(28(29)34-22)32-16-19-9-5-2-6-10-19/h1-11,21-28,30H,12-17H2/t21-,22-,23-,24-,25+,26+,27-,28+,29+/m1/s1. The first-order valence-electron chi connectivity index (χ1n) is 12.7. The van der Waals surface area contributed by atoms with Crippen molar-refractivity contribution < 1.29 is 24.1 Å². The predicted molar refractivity (Wildman–Crippen MR) is 126 cm³/mol. The lowest BCUT2D eigenvalue weighted by Crippen LogP contribution is -2.56. The van der Waals surface area contributed by atoms with Gasteiger partial charge in [0, 0.05) is 30.1 Å². The van der Waals surface area contributed by atoms with Crippen molar-refractivity contribution in [1.29, 1.82) is 0 Å². The minimum absolute atomic E-state index is 0.0324. The van der Waals surface area contributed by atoms with E-state index in [0.717, 1.165) is 19.3 Å². The number of benzene rings is 2. The normalized spacial score (nSPS) is 41.4. The first-order valence-corrected chi connectivity index (χ1v) is 12.7. The van der Waals surface area contributed by atoms with E-state index in [-0.39, 0.29) is 48.6 Å².